The summed E-state index contributed by atoms with van der Waals surface area (Å²) < 4.78 is 18.1. The van der Waals surface area contributed by atoms with Gasteiger partial charge in [-0.15, -0.1) is 0 Å². The molecule has 0 spiro atoms. The zero-order valence-corrected chi connectivity index (χ0v) is 11.1. The first kappa shape index (κ1) is 13.8. The van der Waals surface area contributed by atoms with Crippen molar-refractivity contribution in [1.82, 2.24) is 4.98 Å². The molecule has 20 heavy (non-hydrogen) atoms. The number of nitrogens with one attached hydrogen (secondary N) is 1. The van der Waals surface area contributed by atoms with Gasteiger partial charge in [0.15, 0.2) is 0 Å². The van der Waals surface area contributed by atoms with Gasteiger partial charge in [0.25, 0.3) is 5.91 Å². The van der Waals surface area contributed by atoms with Gasteiger partial charge in [-0.25, -0.2) is 4.39 Å². The van der Waals surface area contributed by atoms with E-state index in [1.165, 1.54) is 37.6 Å². The largest absolute Gasteiger partial charge is 0.494 e. The summed E-state index contributed by atoms with van der Waals surface area (Å²) in [6.07, 6.45) is 1.48. The van der Waals surface area contributed by atoms with E-state index in [0.29, 0.717) is 22.6 Å². The molecule has 3 N–H and O–H groups in total. The second-order valence-electron chi connectivity index (χ2n) is 4.20. The van der Waals surface area contributed by atoms with E-state index in [-0.39, 0.29) is 11.7 Å². The van der Waals surface area contributed by atoms with Gasteiger partial charge in [0.1, 0.15) is 11.6 Å². The Morgan fingerprint density at radius 3 is 2.85 bits per heavy atom. The number of carbonyl (C=O) groups is 1. The van der Waals surface area contributed by atoms with Gasteiger partial charge in [-0.05, 0) is 25.1 Å². The van der Waals surface area contributed by atoms with Crippen LogP contribution in [0.1, 0.15) is 16.1 Å². The van der Waals surface area contributed by atoms with Crippen LogP contribution < -0.4 is 15.8 Å². The number of pyridine rings is 1. The number of anilines is 2. The number of nitrogens with zero attached hydrogens (tertiary/aromatic N) is 1. The van der Waals surface area contributed by atoms with Crippen molar-refractivity contribution in [1.29, 1.82) is 0 Å². The standard InChI is InChI=1S/C14H14FN3O2/c1-8-11(6-10(16)7-17-8)14(19)18-12-4-3-9(15)5-13(12)20-2/h3-7H,16H2,1-2H3,(H,18,19). The maximum Gasteiger partial charge on any atom is 0.257 e. The molecule has 2 aromatic rings. The molecule has 0 aliphatic carbocycles. The normalized spacial score (nSPS) is 10.2. The number of aromatic nitrogens is 1. The van der Waals surface area contributed by atoms with Crippen LogP contribution in [0.25, 0.3) is 0 Å². The number of amides is 1. The first-order valence-corrected chi connectivity index (χ1v) is 5.88. The Balaban J connectivity index is 2.30. The summed E-state index contributed by atoms with van der Waals surface area (Å²) in [7, 11) is 1.40. The predicted molar refractivity (Wildman–Crippen MR) is 74.3 cm³/mol. The van der Waals surface area contributed by atoms with E-state index in [1.807, 2.05) is 0 Å². The number of carbonyl (C=O) groups excluding carboxylic acids is 1. The van der Waals surface area contributed by atoms with Crippen molar-refractivity contribution in [2.24, 2.45) is 0 Å². The molecule has 0 saturated carbocycles. The van der Waals surface area contributed by atoms with Gasteiger partial charge in [0.05, 0.1) is 35.9 Å². The number of hydrogen-bond acceptors (Lipinski definition) is 4. The first-order chi connectivity index (χ1) is 9.51. The number of nitrogen functional groups attached to an aromatic ring is 1. The molecule has 0 atom stereocenters. The van der Waals surface area contributed by atoms with Gasteiger partial charge >= 0.3 is 0 Å². The average Bonchev–Trinajstić information content (AvgIpc) is 2.43. The molecule has 0 fully saturated rings. The Morgan fingerprint density at radius 2 is 2.15 bits per heavy atom. The van der Waals surface area contributed by atoms with Crippen molar-refractivity contribution in [2.45, 2.75) is 6.92 Å². The fourth-order valence-electron chi connectivity index (χ4n) is 1.74. The SMILES string of the molecule is COc1cc(F)ccc1NC(=O)c1cc(N)cnc1C. The Hall–Kier alpha value is -2.63. The number of hydrogen-bond donors (Lipinski definition) is 2. The minimum absolute atomic E-state index is 0.243. The third-order valence-corrected chi connectivity index (χ3v) is 2.76. The molecule has 0 aliphatic heterocycles. The summed E-state index contributed by atoms with van der Waals surface area (Å²) in [5, 5.41) is 2.65. The smallest absolute Gasteiger partial charge is 0.257 e. The summed E-state index contributed by atoms with van der Waals surface area (Å²) in [6.45, 7) is 1.70. The van der Waals surface area contributed by atoms with Gasteiger partial charge in [-0.2, -0.15) is 0 Å². The van der Waals surface area contributed by atoms with Gasteiger partial charge in [-0.3, -0.25) is 9.78 Å². The van der Waals surface area contributed by atoms with E-state index < -0.39 is 5.82 Å². The van der Waals surface area contributed by atoms with Crippen LogP contribution in [-0.2, 0) is 0 Å². The fraction of sp³-hybridized carbons (Fsp3) is 0.143. The summed E-state index contributed by atoms with van der Waals surface area (Å²) >= 11 is 0. The average molecular weight is 275 g/mol. The van der Waals surface area contributed by atoms with Crippen LogP contribution in [0.15, 0.2) is 30.5 Å². The highest BCUT2D eigenvalue weighted by Gasteiger charge is 2.13. The highest BCUT2D eigenvalue weighted by atomic mass is 19.1. The van der Waals surface area contributed by atoms with E-state index in [9.17, 15) is 9.18 Å². The van der Waals surface area contributed by atoms with Crippen LogP contribution in [0.3, 0.4) is 0 Å². The Bertz CT molecular complexity index is 659. The van der Waals surface area contributed by atoms with Crippen LogP contribution in [0.2, 0.25) is 0 Å². The van der Waals surface area contributed by atoms with Gasteiger partial charge < -0.3 is 15.8 Å². The lowest BCUT2D eigenvalue weighted by Crippen LogP contribution is -2.15. The monoisotopic (exact) mass is 275 g/mol. The number of benzene rings is 1. The number of rotatable bonds is 3. The molecule has 0 aliphatic rings. The van der Waals surface area contributed by atoms with Crippen molar-refractivity contribution in [2.75, 3.05) is 18.2 Å². The molecular formula is C14H14FN3O2. The molecule has 6 heteroatoms. The zero-order valence-electron chi connectivity index (χ0n) is 11.1. The Kier molecular flexibility index (Phi) is 3.84. The second kappa shape index (κ2) is 5.56. The van der Waals surface area contributed by atoms with Gasteiger partial charge in [-0.1, -0.05) is 0 Å². The number of aryl methyl sites for hydroxylation is 1. The molecule has 1 aromatic carbocycles. The minimum atomic E-state index is -0.443. The lowest BCUT2D eigenvalue weighted by molar-refractivity contribution is 0.102. The highest BCUT2D eigenvalue weighted by molar-refractivity contribution is 6.06. The summed E-state index contributed by atoms with van der Waals surface area (Å²) in [5.74, 6) is -0.582. The lowest BCUT2D eigenvalue weighted by Gasteiger charge is -2.11. The molecular weight excluding hydrogens is 261 g/mol. The maximum atomic E-state index is 13.1. The third-order valence-electron chi connectivity index (χ3n) is 2.76. The summed E-state index contributed by atoms with van der Waals surface area (Å²) in [6, 6.07) is 5.40. The molecule has 1 aromatic heterocycles. The summed E-state index contributed by atoms with van der Waals surface area (Å²) in [5.41, 5.74) is 7.30. The molecule has 104 valence electrons. The zero-order chi connectivity index (χ0) is 14.7. The predicted octanol–water partition coefficient (Wildman–Crippen LogP) is 2.37. The molecule has 0 saturated heterocycles. The van der Waals surface area contributed by atoms with E-state index in [4.69, 9.17) is 10.5 Å². The van der Waals surface area contributed by atoms with E-state index in [0.717, 1.165) is 0 Å². The summed E-state index contributed by atoms with van der Waals surface area (Å²) in [4.78, 5) is 16.2. The van der Waals surface area contributed by atoms with Crippen LogP contribution >= 0.6 is 0 Å². The fourth-order valence-corrected chi connectivity index (χ4v) is 1.74. The second-order valence-corrected chi connectivity index (χ2v) is 4.20. The highest BCUT2D eigenvalue weighted by Crippen LogP contribution is 2.25. The van der Waals surface area contributed by atoms with Crippen molar-refractivity contribution in [3.63, 3.8) is 0 Å². The quantitative estimate of drug-likeness (QED) is 0.901. The first-order valence-electron chi connectivity index (χ1n) is 5.88. The van der Waals surface area contributed by atoms with E-state index in [1.54, 1.807) is 6.92 Å². The number of nitrogens with two attached hydrogens (primary N) is 1. The van der Waals surface area contributed by atoms with Gasteiger partial charge in [0.2, 0.25) is 0 Å². The molecule has 1 amide bonds. The topological polar surface area (TPSA) is 77.2 Å². The lowest BCUT2D eigenvalue weighted by atomic mass is 10.1. The maximum absolute atomic E-state index is 13.1. The number of halogens is 1. The van der Waals surface area contributed by atoms with E-state index >= 15 is 0 Å². The Labute approximate surface area is 115 Å². The third kappa shape index (κ3) is 2.85. The molecule has 5 nitrogen and oxygen atoms in total. The van der Waals surface area contributed by atoms with E-state index in [2.05, 4.69) is 10.3 Å². The molecule has 0 radical (unpaired) electrons. The van der Waals surface area contributed by atoms with Gasteiger partial charge in [0, 0.05) is 6.07 Å². The van der Waals surface area contributed by atoms with Crippen LogP contribution in [0.4, 0.5) is 15.8 Å². The van der Waals surface area contributed by atoms with Crippen LogP contribution in [-0.4, -0.2) is 18.0 Å². The van der Waals surface area contributed by atoms with Crippen LogP contribution in [0.5, 0.6) is 5.75 Å². The van der Waals surface area contributed by atoms with Crippen molar-refractivity contribution < 1.29 is 13.9 Å². The molecule has 2 rings (SSSR count). The Morgan fingerprint density at radius 1 is 1.40 bits per heavy atom. The van der Waals surface area contributed by atoms with Crippen molar-refractivity contribution in [3.8, 4) is 5.75 Å². The van der Waals surface area contributed by atoms with Crippen molar-refractivity contribution in [3.05, 3.63) is 47.5 Å². The molecule has 1 heterocycles. The minimum Gasteiger partial charge on any atom is -0.494 e. The van der Waals surface area contributed by atoms with Crippen molar-refractivity contribution >= 4 is 17.3 Å². The number of methoxy groups -OCH3 is 1. The van der Waals surface area contributed by atoms with Crippen LogP contribution in [0, 0.1) is 12.7 Å². The molecule has 0 bridgehead atoms. The molecule has 0 unspecified atom stereocenters. The number of ether oxygens (including phenoxy) is 1.